The second-order valence-corrected chi connectivity index (χ2v) is 6.97. The first kappa shape index (κ1) is 21.4. The third kappa shape index (κ3) is 6.05. The van der Waals surface area contributed by atoms with Gasteiger partial charge >= 0.3 is 0 Å². The summed E-state index contributed by atoms with van der Waals surface area (Å²) in [5.41, 5.74) is 0. The summed E-state index contributed by atoms with van der Waals surface area (Å²) >= 11 is 0. The molecule has 2 aliphatic rings. The average molecular weight is 477 g/mol. The number of nitrogens with one attached hydrogen (secondary N) is 2. The van der Waals surface area contributed by atoms with Gasteiger partial charge in [-0.3, -0.25) is 4.99 Å². The Bertz CT molecular complexity index is 557. The van der Waals surface area contributed by atoms with Gasteiger partial charge in [0.2, 0.25) is 0 Å². The minimum Gasteiger partial charge on any atom is -0.383 e. The van der Waals surface area contributed by atoms with Crippen LogP contribution in [0.15, 0.2) is 11.3 Å². The summed E-state index contributed by atoms with van der Waals surface area (Å²) in [5, 5.41) is 11.3. The Kier molecular flexibility index (Phi) is 9.06. The normalized spacial score (nSPS) is 21.8. The SMILES string of the molecule is CN=C(NCC1CCN(CCOC)CC1)NC1CCc2ncnn2C1.I. The Morgan fingerprint density at radius 2 is 2.15 bits per heavy atom. The molecule has 1 atom stereocenters. The molecular formula is C17H32IN7O. The van der Waals surface area contributed by atoms with Crippen LogP contribution in [0.4, 0.5) is 0 Å². The number of nitrogens with zero attached hydrogens (tertiary/aromatic N) is 5. The smallest absolute Gasteiger partial charge is 0.191 e. The molecule has 0 spiro atoms. The van der Waals surface area contributed by atoms with Crippen LogP contribution in [0.1, 0.15) is 25.1 Å². The maximum atomic E-state index is 5.17. The molecule has 8 nitrogen and oxygen atoms in total. The molecule has 0 amide bonds. The van der Waals surface area contributed by atoms with Crippen molar-refractivity contribution in [2.75, 3.05) is 46.9 Å². The van der Waals surface area contributed by atoms with Crippen LogP contribution in [0.25, 0.3) is 0 Å². The van der Waals surface area contributed by atoms with E-state index in [4.69, 9.17) is 4.74 Å². The molecule has 9 heteroatoms. The zero-order valence-electron chi connectivity index (χ0n) is 15.9. The first-order valence-electron chi connectivity index (χ1n) is 9.33. The lowest BCUT2D eigenvalue weighted by molar-refractivity contribution is 0.121. The highest BCUT2D eigenvalue weighted by Gasteiger charge is 2.22. The lowest BCUT2D eigenvalue weighted by Crippen LogP contribution is -2.48. The number of guanidine groups is 1. The molecule has 1 fully saturated rings. The zero-order valence-corrected chi connectivity index (χ0v) is 18.2. The fourth-order valence-electron chi connectivity index (χ4n) is 3.62. The van der Waals surface area contributed by atoms with E-state index in [1.54, 1.807) is 13.4 Å². The molecule has 1 aromatic rings. The van der Waals surface area contributed by atoms with E-state index in [1.165, 1.54) is 25.9 Å². The first-order chi connectivity index (χ1) is 12.3. The number of halogens is 1. The summed E-state index contributed by atoms with van der Waals surface area (Å²) < 4.78 is 7.16. The molecule has 3 heterocycles. The summed E-state index contributed by atoms with van der Waals surface area (Å²) in [4.78, 5) is 11.2. The van der Waals surface area contributed by atoms with Crippen LogP contribution in [0, 0.1) is 5.92 Å². The van der Waals surface area contributed by atoms with Crippen molar-refractivity contribution < 1.29 is 4.74 Å². The molecule has 0 aliphatic carbocycles. The number of likely N-dealkylation sites (tertiary alicyclic amines) is 1. The Hall–Kier alpha value is -0.940. The van der Waals surface area contributed by atoms with Crippen LogP contribution < -0.4 is 10.6 Å². The van der Waals surface area contributed by atoms with Crippen LogP contribution in [-0.2, 0) is 17.7 Å². The van der Waals surface area contributed by atoms with Crippen molar-refractivity contribution >= 4 is 29.9 Å². The molecule has 1 aromatic heterocycles. The van der Waals surface area contributed by atoms with Crippen molar-refractivity contribution in [2.24, 2.45) is 10.9 Å². The highest BCUT2D eigenvalue weighted by atomic mass is 127. The fraction of sp³-hybridized carbons (Fsp3) is 0.824. The van der Waals surface area contributed by atoms with Crippen molar-refractivity contribution in [3.63, 3.8) is 0 Å². The lowest BCUT2D eigenvalue weighted by Gasteiger charge is -2.32. The maximum Gasteiger partial charge on any atom is 0.191 e. The third-order valence-corrected chi connectivity index (χ3v) is 5.25. The van der Waals surface area contributed by atoms with Crippen LogP contribution in [0.5, 0.6) is 0 Å². The molecule has 26 heavy (non-hydrogen) atoms. The van der Waals surface area contributed by atoms with E-state index >= 15 is 0 Å². The van der Waals surface area contributed by atoms with Gasteiger partial charge in [0.25, 0.3) is 0 Å². The zero-order chi connectivity index (χ0) is 17.5. The Balaban J connectivity index is 0.00000243. The molecule has 0 bridgehead atoms. The number of rotatable bonds is 6. The minimum atomic E-state index is 0. The highest BCUT2D eigenvalue weighted by molar-refractivity contribution is 14.0. The first-order valence-corrected chi connectivity index (χ1v) is 9.33. The average Bonchev–Trinajstić information content (AvgIpc) is 3.12. The molecule has 0 radical (unpaired) electrons. The van der Waals surface area contributed by atoms with E-state index in [9.17, 15) is 0 Å². The predicted octanol–water partition coefficient (Wildman–Crippen LogP) is 0.734. The van der Waals surface area contributed by atoms with Crippen molar-refractivity contribution in [1.82, 2.24) is 30.3 Å². The highest BCUT2D eigenvalue weighted by Crippen LogP contribution is 2.16. The van der Waals surface area contributed by atoms with Crippen LogP contribution >= 0.6 is 24.0 Å². The van der Waals surface area contributed by atoms with Gasteiger partial charge in [-0.05, 0) is 38.3 Å². The van der Waals surface area contributed by atoms with E-state index in [0.717, 1.165) is 50.9 Å². The molecule has 0 aromatic carbocycles. The number of hydrogen-bond acceptors (Lipinski definition) is 5. The summed E-state index contributed by atoms with van der Waals surface area (Å²) in [6.45, 7) is 6.05. The number of hydrogen-bond donors (Lipinski definition) is 2. The molecule has 1 unspecified atom stereocenters. The Labute approximate surface area is 173 Å². The van der Waals surface area contributed by atoms with E-state index in [1.807, 2.05) is 11.7 Å². The maximum absolute atomic E-state index is 5.17. The van der Waals surface area contributed by atoms with Gasteiger partial charge in [-0.25, -0.2) is 9.67 Å². The molecule has 2 N–H and O–H groups in total. The second kappa shape index (κ2) is 11.0. The van der Waals surface area contributed by atoms with E-state index in [0.29, 0.717) is 12.0 Å². The predicted molar refractivity (Wildman–Crippen MR) is 113 cm³/mol. The standard InChI is InChI=1S/C17H31N7O.HI/c1-18-17(22-15-3-4-16-20-13-21-24(16)12-15)19-11-14-5-7-23(8-6-14)9-10-25-2;/h13-15H,3-12H2,1-2H3,(H2,18,19,22);1H. The van der Waals surface area contributed by atoms with E-state index < -0.39 is 0 Å². The largest absolute Gasteiger partial charge is 0.383 e. The van der Waals surface area contributed by atoms with Gasteiger partial charge < -0.3 is 20.3 Å². The Morgan fingerprint density at radius 1 is 1.35 bits per heavy atom. The topological polar surface area (TPSA) is 79.6 Å². The monoisotopic (exact) mass is 477 g/mol. The summed E-state index contributed by atoms with van der Waals surface area (Å²) in [5.74, 6) is 2.70. The number of aryl methyl sites for hydroxylation is 1. The molecule has 148 valence electrons. The van der Waals surface area contributed by atoms with Gasteiger partial charge in [-0.15, -0.1) is 24.0 Å². The van der Waals surface area contributed by atoms with E-state index in [2.05, 4.69) is 30.6 Å². The van der Waals surface area contributed by atoms with Crippen molar-refractivity contribution in [2.45, 2.75) is 38.3 Å². The third-order valence-electron chi connectivity index (χ3n) is 5.25. The number of piperidine rings is 1. The van der Waals surface area contributed by atoms with Crippen LogP contribution in [0.2, 0.25) is 0 Å². The van der Waals surface area contributed by atoms with Crippen molar-refractivity contribution in [1.29, 1.82) is 0 Å². The van der Waals surface area contributed by atoms with Crippen LogP contribution in [0.3, 0.4) is 0 Å². The van der Waals surface area contributed by atoms with E-state index in [-0.39, 0.29) is 24.0 Å². The number of methoxy groups -OCH3 is 1. The quantitative estimate of drug-likeness (QED) is 0.358. The number of aliphatic imine (C=N–C) groups is 1. The second-order valence-electron chi connectivity index (χ2n) is 6.97. The number of ether oxygens (including phenoxy) is 1. The molecule has 2 aliphatic heterocycles. The van der Waals surface area contributed by atoms with Gasteiger partial charge in [0.05, 0.1) is 13.2 Å². The Morgan fingerprint density at radius 3 is 2.88 bits per heavy atom. The summed E-state index contributed by atoms with van der Waals surface area (Å²) in [7, 11) is 3.61. The van der Waals surface area contributed by atoms with Gasteiger partial charge in [-0.2, -0.15) is 5.10 Å². The van der Waals surface area contributed by atoms with Crippen molar-refractivity contribution in [3.8, 4) is 0 Å². The molecule has 3 rings (SSSR count). The minimum absolute atomic E-state index is 0. The van der Waals surface area contributed by atoms with Gasteiger partial charge in [0.15, 0.2) is 5.96 Å². The lowest BCUT2D eigenvalue weighted by atomic mass is 9.97. The summed E-state index contributed by atoms with van der Waals surface area (Å²) in [6.07, 6.45) is 6.15. The molecule has 0 saturated carbocycles. The van der Waals surface area contributed by atoms with Gasteiger partial charge in [0, 0.05) is 39.7 Å². The van der Waals surface area contributed by atoms with Crippen LogP contribution in [-0.4, -0.2) is 78.6 Å². The van der Waals surface area contributed by atoms with Gasteiger partial charge in [-0.1, -0.05) is 0 Å². The fourth-order valence-corrected chi connectivity index (χ4v) is 3.62. The number of aromatic nitrogens is 3. The summed E-state index contributed by atoms with van der Waals surface area (Å²) in [6, 6.07) is 0.358. The molecule has 1 saturated heterocycles. The number of fused-ring (bicyclic) bond motifs is 1. The molecular weight excluding hydrogens is 445 g/mol. The van der Waals surface area contributed by atoms with Gasteiger partial charge in [0.1, 0.15) is 12.2 Å². The van der Waals surface area contributed by atoms with Crippen molar-refractivity contribution in [3.05, 3.63) is 12.2 Å².